The lowest BCUT2D eigenvalue weighted by atomic mass is 9.96. The molecular formula is C23H15ClS. The fourth-order valence-electron chi connectivity index (χ4n) is 3.92. The maximum atomic E-state index is 6.59. The minimum atomic E-state index is 0.806. The Hall–Kier alpha value is -2.22. The number of hydrogen-bond acceptors (Lipinski definition) is 1. The van der Waals surface area contributed by atoms with Crippen molar-refractivity contribution in [2.45, 2.75) is 4.90 Å². The van der Waals surface area contributed by atoms with Gasteiger partial charge in [0.2, 0.25) is 0 Å². The van der Waals surface area contributed by atoms with Crippen LogP contribution in [-0.4, -0.2) is 6.26 Å². The number of fused-ring (bicyclic) bond motifs is 3. The van der Waals surface area contributed by atoms with Gasteiger partial charge in [0.25, 0.3) is 0 Å². The van der Waals surface area contributed by atoms with E-state index in [1.54, 1.807) is 11.8 Å². The molecule has 4 aromatic rings. The molecule has 2 heteroatoms. The molecule has 0 amide bonds. The van der Waals surface area contributed by atoms with Gasteiger partial charge in [-0.3, -0.25) is 0 Å². The molecule has 0 fully saturated rings. The Morgan fingerprint density at radius 2 is 1.44 bits per heavy atom. The van der Waals surface area contributed by atoms with Crippen molar-refractivity contribution >= 4 is 34.1 Å². The van der Waals surface area contributed by atoms with E-state index in [4.69, 9.17) is 11.6 Å². The molecule has 1 aliphatic carbocycles. The standard InChI is InChI=1S/C23H15ClS/c1-25-21-11-5-10-20(24)23(21)15-12-14-6-4-9-18-16-7-2-3-8-17(16)19(13-15)22(14)18/h2-13H,1H3. The van der Waals surface area contributed by atoms with Crippen LogP contribution in [0.3, 0.4) is 0 Å². The van der Waals surface area contributed by atoms with Gasteiger partial charge in [-0.15, -0.1) is 11.8 Å². The summed E-state index contributed by atoms with van der Waals surface area (Å²) in [5, 5.41) is 3.43. The predicted octanol–water partition coefficient (Wildman–Crippen LogP) is 7.53. The average Bonchev–Trinajstić information content (AvgIpc) is 2.97. The zero-order valence-corrected chi connectivity index (χ0v) is 15.3. The fraction of sp³-hybridized carbons (Fsp3) is 0.0435. The van der Waals surface area contributed by atoms with Crippen LogP contribution in [0.4, 0.5) is 0 Å². The van der Waals surface area contributed by atoms with Gasteiger partial charge in [-0.05, 0) is 69.1 Å². The van der Waals surface area contributed by atoms with E-state index in [9.17, 15) is 0 Å². The van der Waals surface area contributed by atoms with Crippen molar-refractivity contribution in [1.82, 2.24) is 0 Å². The van der Waals surface area contributed by atoms with Crippen LogP contribution in [0, 0.1) is 0 Å². The Morgan fingerprint density at radius 3 is 2.24 bits per heavy atom. The lowest BCUT2D eigenvalue weighted by molar-refractivity contribution is 1.45. The van der Waals surface area contributed by atoms with Crippen molar-refractivity contribution in [3.8, 4) is 33.4 Å². The lowest BCUT2D eigenvalue weighted by Gasteiger charge is -2.13. The first kappa shape index (κ1) is 15.1. The number of halogens is 1. The van der Waals surface area contributed by atoms with Gasteiger partial charge in [0.05, 0.1) is 0 Å². The first-order valence-electron chi connectivity index (χ1n) is 8.27. The lowest BCUT2D eigenvalue weighted by Crippen LogP contribution is -1.86. The summed E-state index contributed by atoms with van der Waals surface area (Å²) < 4.78 is 0. The van der Waals surface area contributed by atoms with Crippen LogP contribution in [0.1, 0.15) is 0 Å². The normalized spacial score (nSPS) is 11.8. The van der Waals surface area contributed by atoms with E-state index >= 15 is 0 Å². The third-order valence-corrected chi connectivity index (χ3v) is 6.06. The average molecular weight is 359 g/mol. The van der Waals surface area contributed by atoms with E-state index in [1.165, 1.54) is 43.5 Å². The van der Waals surface area contributed by atoms with Crippen molar-refractivity contribution in [2.24, 2.45) is 0 Å². The summed E-state index contributed by atoms with van der Waals surface area (Å²) >= 11 is 8.33. The monoisotopic (exact) mass is 358 g/mol. The van der Waals surface area contributed by atoms with Gasteiger partial charge in [0.1, 0.15) is 0 Å². The first-order valence-corrected chi connectivity index (χ1v) is 9.87. The molecular weight excluding hydrogens is 344 g/mol. The van der Waals surface area contributed by atoms with E-state index in [1.807, 2.05) is 12.1 Å². The van der Waals surface area contributed by atoms with Crippen molar-refractivity contribution in [2.75, 3.05) is 6.26 Å². The number of benzene rings is 4. The molecule has 0 saturated carbocycles. The largest absolute Gasteiger partial charge is 0.129 e. The summed E-state index contributed by atoms with van der Waals surface area (Å²) in [7, 11) is 0. The number of hydrogen-bond donors (Lipinski definition) is 0. The summed E-state index contributed by atoms with van der Waals surface area (Å²) in [5.41, 5.74) is 7.60. The smallest absolute Gasteiger partial charge is 0.0495 e. The maximum absolute atomic E-state index is 6.59. The predicted molar refractivity (Wildman–Crippen MR) is 111 cm³/mol. The SMILES string of the molecule is CSc1cccc(Cl)c1-c1cc2c3c(cccc3c1)-c1ccccc1-2. The minimum Gasteiger partial charge on any atom is -0.129 e. The molecule has 4 aromatic carbocycles. The van der Waals surface area contributed by atoms with Gasteiger partial charge in [-0.2, -0.15) is 0 Å². The fourth-order valence-corrected chi connectivity index (χ4v) is 4.90. The van der Waals surface area contributed by atoms with Crippen LogP contribution >= 0.6 is 23.4 Å². The van der Waals surface area contributed by atoms with E-state index in [0.29, 0.717) is 0 Å². The summed E-state index contributed by atoms with van der Waals surface area (Å²) in [4.78, 5) is 1.21. The highest BCUT2D eigenvalue weighted by Crippen LogP contribution is 2.49. The molecule has 0 nitrogen and oxygen atoms in total. The molecule has 0 atom stereocenters. The summed E-state index contributed by atoms with van der Waals surface area (Å²) in [6, 6.07) is 25.9. The Bertz CT molecular complexity index is 1140. The molecule has 25 heavy (non-hydrogen) atoms. The minimum absolute atomic E-state index is 0.806. The van der Waals surface area contributed by atoms with Gasteiger partial charge in [-0.25, -0.2) is 0 Å². The zero-order valence-electron chi connectivity index (χ0n) is 13.7. The van der Waals surface area contributed by atoms with Crippen molar-refractivity contribution in [3.05, 3.63) is 77.8 Å². The van der Waals surface area contributed by atoms with E-state index < -0.39 is 0 Å². The van der Waals surface area contributed by atoms with Crippen molar-refractivity contribution in [3.63, 3.8) is 0 Å². The van der Waals surface area contributed by atoms with Crippen LogP contribution < -0.4 is 0 Å². The molecule has 0 spiro atoms. The molecule has 0 aromatic heterocycles. The van der Waals surface area contributed by atoms with Gasteiger partial charge >= 0.3 is 0 Å². The molecule has 0 saturated heterocycles. The topological polar surface area (TPSA) is 0 Å². The second-order valence-corrected chi connectivity index (χ2v) is 7.55. The molecule has 1 aliphatic rings. The van der Waals surface area contributed by atoms with Crippen LogP contribution in [0.15, 0.2) is 77.7 Å². The molecule has 0 heterocycles. The molecule has 0 unspecified atom stereocenters. The summed E-state index contributed by atoms with van der Waals surface area (Å²) in [6.45, 7) is 0. The van der Waals surface area contributed by atoms with Crippen LogP contribution in [-0.2, 0) is 0 Å². The van der Waals surface area contributed by atoms with Gasteiger partial charge < -0.3 is 0 Å². The quantitative estimate of drug-likeness (QED) is 0.294. The van der Waals surface area contributed by atoms with Gasteiger partial charge in [0.15, 0.2) is 0 Å². The van der Waals surface area contributed by atoms with Crippen LogP contribution in [0.2, 0.25) is 5.02 Å². The number of rotatable bonds is 2. The molecule has 5 rings (SSSR count). The van der Waals surface area contributed by atoms with E-state index in [0.717, 1.165) is 10.6 Å². The van der Waals surface area contributed by atoms with E-state index in [-0.39, 0.29) is 0 Å². The van der Waals surface area contributed by atoms with Crippen molar-refractivity contribution in [1.29, 1.82) is 0 Å². The van der Waals surface area contributed by atoms with Gasteiger partial charge in [-0.1, -0.05) is 60.1 Å². The Kier molecular flexibility index (Phi) is 3.41. The second-order valence-electron chi connectivity index (χ2n) is 6.29. The number of thioether (sulfide) groups is 1. The highest BCUT2D eigenvalue weighted by Gasteiger charge is 2.22. The zero-order chi connectivity index (χ0) is 17.0. The Balaban J connectivity index is 1.88. The van der Waals surface area contributed by atoms with Crippen LogP contribution in [0.5, 0.6) is 0 Å². The molecule has 0 aliphatic heterocycles. The third kappa shape index (κ3) is 2.16. The highest BCUT2D eigenvalue weighted by atomic mass is 35.5. The van der Waals surface area contributed by atoms with Crippen molar-refractivity contribution < 1.29 is 0 Å². The second kappa shape index (κ2) is 5.66. The van der Waals surface area contributed by atoms with Gasteiger partial charge in [0, 0.05) is 15.5 Å². The Morgan fingerprint density at radius 1 is 0.720 bits per heavy atom. The molecule has 0 radical (unpaired) electrons. The molecule has 0 bridgehead atoms. The Labute approximate surface area is 156 Å². The maximum Gasteiger partial charge on any atom is 0.0495 e. The summed E-state index contributed by atoms with van der Waals surface area (Å²) in [5.74, 6) is 0. The summed E-state index contributed by atoms with van der Waals surface area (Å²) in [6.07, 6.45) is 2.10. The molecule has 0 N–H and O–H groups in total. The van der Waals surface area contributed by atoms with E-state index in [2.05, 4.69) is 66.9 Å². The highest BCUT2D eigenvalue weighted by molar-refractivity contribution is 7.98. The first-order chi connectivity index (χ1) is 12.3. The third-order valence-electron chi connectivity index (χ3n) is 4.97. The molecule has 120 valence electrons. The van der Waals surface area contributed by atoms with Crippen LogP contribution in [0.25, 0.3) is 44.2 Å².